The Balaban J connectivity index is 1.40. The number of amides is 2. The number of aromatic amines is 1. The SMILES string of the molecule is CS(=O)(=O)Nc1cc(Cl)cc(NC(=O)Cc2c[nH]c(-c3ncc(N4CCN(C(=O)O)CC4)cc3F)c2)c1. The van der Waals surface area contributed by atoms with Gasteiger partial charge in [0.15, 0.2) is 5.82 Å². The number of rotatable bonds is 7. The van der Waals surface area contributed by atoms with Crippen molar-refractivity contribution in [3.63, 3.8) is 0 Å². The average Bonchev–Trinajstić information content (AvgIpc) is 3.25. The van der Waals surface area contributed by atoms with Crippen LogP contribution >= 0.6 is 11.6 Å². The van der Waals surface area contributed by atoms with Crippen LogP contribution < -0.4 is 14.9 Å². The van der Waals surface area contributed by atoms with E-state index in [0.717, 1.165) is 6.26 Å². The minimum Gasteiger partial charge on any atom is -0.465 e. The predicted molar refractivity (Wildman–Crippen MR) is 138 cm³/mol. The molecule has 1 saturated heterocycles. The highest BCUT2D eigenvalue weighted by atomic mass is 35.5. The van der Waals surface area contributed by atoms with Crippen LogP contribution in [0.3, 0.4) is 0 Å². The normalized spacial score (nSPS) is 13.9. The molecule has 1 aliphatic rings. The first-order valence-electron chi connectivity index (χ1n) is 11.1. The molecule has 0 atom stereocenters. The Morgan fingerprint density at radius 3 is 2.49 bits per heavy atom. The fraction of sp³-hybridized carbons (Fsp3) is 0.261. The van der Waals surface area contributed by atoms with Gasteiger partial charge in [-0.05, 0) is 29.8 Å². The summed E-state index contributed by atoms with van der Waals surface area (Å²) < 4.78 is 40.1. The second kappa shape index (κ2) is 10.6. The van der Waals surface area contributed by atoms with E-state index in [0.29, 0.717) is 48.8 Å². The molecule has 11 nitrogen and oxygen atoms in total. The van der Waals surface area contributed by atoms with Crippen LogP contribution in [0, 0.1) is 5.82 Å². The van der Waals surface area contributed by atoms with Crippen LogP contribution in [0.4, 0.5) is 26.2 Å². The van der Waals surface area contributed by atoms with E-state index in [9.17, 15) is 22.4 Å². The lowest BCUT2D eigenvalue weighted by atomic mass is 10.2. The fourth-order valence-electron chi connectivity index (χ4n) is 3.96. The molecule has 3 heterocycles. The van der Waals surface area contributed by atoms with Crippen molar-refractivity contribution in [2.24, 2.45) is 0 Å². The summed E-state index contributed by atoms with van der Waals surface area (Å²) in [6.45, 7) is 1.52. The monoisotopic (exact) mass is 550 g/mol. The highest BCUT2D eigenvalue weighted by Crippen LogP contribution is 2.26. The van der Waals surface area contributed by atoms with E-state index in [2.05, 4.69) is 20.0 Å². The Morgan fingerprint density at radius 1 is 1.14 bits per heavy atom. The van der Waals surface area contributed by atoms with Crippen LogP contribution in [0.15, 0.2) is 42.7 Å². The number of piperazine rings is 1. The Labute approximate surface area is 217 Å². The first-order valence-corrected chi connectivity index (χ1v) is 13.4. The highest BCUT2D eigenvalue weighted by Gasteiger charge is 2.22. The van der Waals surface area contributed by atoms with Crippen LogP contribution in [0.25, 0.3) is 11.4 Å². The number of anilines is 3. The summed E-state index contributed by atoms with van der Waals surface area (Å²) in [5.74, 6) is -0.941. The summed E-state index contributed by atoms with van der Waals surface area (Å²) in [6.07, 6.45) is 3.10. The highest BCUT2D eigenvalue weighted by molar-refractivity contribution is 7.92. The number of pyridine rings is 1. The molecule has 14 heteroatoms. The van der Waals surface area contributed by atoms with Gasteiger partial charge >= 0.3 is 6.09 Å². The summed E-state index contributed by atoms with van der Waals surface area (Å²) in [5, 5.41) is 12.0. The summed E-state index contributed by atoms with van der Waals surface area (Å²) in [7, 11) is -3.52. The Morgan fingerprint density at radius 2 is 1.84 bits per heavy atom. The van der Waals surface area contributed by atoms with Crippen LogP contribution in [-0.4, -0.2) is 72.8 Å². The molecular formula is C23H24ClFN6O5S. The van der Waals surface area contributed by atoms with Gasteiger partial charge in [0.25, 0.3) is 0 Å². The van der Waals surface area contributed by atoms with Crippen LogP contribution in [0.2, 0.25) is 5.02 Å². The van der Waals surface area contributed by atoms with Crippen molar-refractivity contribution >= 4 is 50.7 Å². The van der Waals surface area contributed by atoms with Gasteiger partial charge in [0, 0.05) is 49.2 Å². The number of nitrogens with one attached hydrogen (secondary N) is 3. The smallest absolute Gasteiger partial charge is 0.407 e. The summed E-state index contributed by atoms with van der Waals surface area (Å²) in [5.41, 5.74) is 2.15. The molecule has 0 unspecified atom stereocenters. The molecule has 0 saturated carbocycles. The van der Waals surface area contributed by atoms with Crippen molar-refractivity contribution in [3.8, 4) is 11.4 Å². The summed E-state index contributed by atoms with van der Waals surface area (Å²) >= 11 is 6.03. The van der Waals surface area contributed by atoms with Gasteiger partial charge in [0.05, 0.1) is 35.9 Å². The first kappa shape index (κ1) is 26.2. The quantitative estimate of drug-likeness (QED) is 0.353. The number of halogens is 2. The van der Waals surface area contributed by atoms with Gasteiger partial charge in [-0.3, -0.25) is 9.52 Å². The molecule has 1 aromatic carbocycles. The number of hydrogen-bond donors (Lipinski definition) is 4. The van der Waals surface area contributed by atoms with E-state index < -0.39 is 21.9 Å². The van der Waals surface area contributed by atoms with Gasteiger partial charge in [0.1, 0.15) is 5.69 Å². The van der Waals surface area contributed by atoms with Crippen molar-refractivity contribution < 1.29 is 27.5 Å². The van der Waals surface area contributed by atoms with Gasteiger partial charge in [-0.1, -0.05) is 11.6 Å². The minimum absolute atomic E-state index is 0.0363. The summed E-state index contributed by atoms with van der Waals surface area (Å²) in [4.78, 5) is 34.0. The van der Waals surface area contributed by atoms with Crippen LogP contribution in [0.5, 0.6) is 0 Å². The maximum atomic E-state index is 14.9. The van der Waals surface area contributed by atoms with Crippen LogP contribution in [0.1, 0.15) is 5.56 Å². The third-order valence-electron chi connectivity index (χ3n) is 5.59. The molecule has 0 radical (unpaired) electrons. The molecule has 3 aromatic rings. The van der Waals surface area contributed by atoms with E-state index >= 15 is 0 Å². The lowest BCUT2D eigenvalue weighted by Gasteiger charge is -2.34. The number of aromatic nitrogens is 2. The Bertz CT molecular complexity index is 1440. The molecule has 2 amide bonds. The lowest BCUT2D eigenvalue weighted by molar-refractivity contribution is -0.115. The zero-order valence-electron chi connectivity index (χ0n) is 19.7. The molecule has 0 bridgehead atoms. The topological polar surface area (TPSA) is 148 Å². The number of nitrogens with zero attached hydrogens (tertiary/aromatic N) is 3. The Kier molecular flexibility index (Phi) is 7.55. The molecule has 1 fully saturated rings. The molecule has 0 aliphatic carbocycles. The van der Waals surface area contributed by atoms with Gasteiger partial charge in [-0.15, -0.1) is 0 Å². The third kappa shape index (κ3) is 6.89. The van der Waals surface area contributed by atoms with Gasteiger partial charge in [0.2, 0.25) is 15.9 Å². The number of carboxylic acid groups (broad SMARTS) is 1. The average molecular weight is 551 g/mol. The minimum atomic E-state index is -3.52. The molecular weight excluding hydrogens is 527 g/mol. The Hall–Kier alpha value is -3.84. The number of hydrogen-bond acceptors (Lipinski definition) is 6. The standard InChI is InChI=1S/C23H24ClFN6O5S/c1-37(35,36)29-17-9-15(24)8-16(10-17)28-21(32)7-14-6-20(26-12-14)22-19(25)11-18(13-27-22)30-2-4-31(5-3-30)23(33)34/h6,8-13,26,29H,2-5,7H2,1H3,(H,28,32)(H,33,34). The van der Waals surface area contributed by atoms with Crippen molar-refractivity contribution in [2.75, 3.05) is 47.4 Å². The fourth-order valence-corrected chi connectivity index (χ4v) is 4.74. The maximum Gasteiger partial charge on any atom is 0.407 e. The summed E-state index contributed by atoms with van der Waals surface area (Å²) in [6, 6.07) is 7.31. The molecule has 196 valence electrons. The number of carbonyl (C=O) groups excluding carboxylic acids is 1. The molecule has 2 aromatic heterocycles. The second-order valence-electron chi connectivity index (χ2n) is 8.53. The molecule has 4 N–H and O–H groups in total. The first-order chi connectivity index (χ1) is 17.5. The van der Waals surface area contributed by atoms with Gasteiger partial charge < -0.3 is 25.2 Å². The van der Waals surface area contributed by atoms with E-state index in [1.807, 2.05) is 4.90 Å². The van der Waals surface area contributed by atoms with Crippen molar-refractivity contribution in [3.05, 3.63) is 59.1 Å². The van der Waals surface area contributed by atoms with E-state index in [1.165, 1.54) is 35.4 Å². The van der Waals surface area contributed by atoms with Gasteiger partial charge in [-0.25, -0.2) is 22.6 Å². The molecule has 4 rings (SSSR count). The van der Waals surface area contributed by atoms with Gasteiger partial charge in [-0.2, -0.15) is 0 Å². The van der Waals surface area contributed by atoms with Crippen molar-refractivity contribution in [1.82, 2.24) is 14.9 Å². The molecule has 0 spiro atoms. The number of H-pyrrole nitrogens is 1. The van der Waals surface area contributed by atoms with Crippen molar-refractivity contribution in [1.29, 1.82) is 0 Å². The van der Waals surface area contributed by atoms with Crippen LogP contribution in [-0.2, 0) is 21.2 Å². The number of benzene rings is 1. The molecule has 1 aliphatic heterocycles. The number of sulfonamides is 1. The van der Waals surface area contributed by atoms with Crippen molar-refractivity contribution in [2.45, 2.75) is 6.42 Å². The van der Waals surface area contributed by atoms with E-state index in [-0.39, 0.29) is 28.7 Å². The largest absolute Gasteiger partial charge is 0.465 e. The zero-order valence-corrected chi connectivity index (χ0v) is 21.2. The predicted octanol–water partition coefficient (Wildman–Crippen LogP) is 3.22. The number of carbonyl (C=O) groups is 2. The molecule has 37 heavy (non-hydrogen) atoms. The maximum absolute atomic E-state index is 14.9. The lowest BCUT2D eigenvalue weighted by Crippen LogP contribution is -2.48. The van der Waals surface area contributed by atoms with E-state index in [4.69, 9.17) is 16.7 Å². The van der Waals surface area contributed by atoms with E-state index in [1.54, 1.807) is 12.3 Å². The zero-order chi connectivity index (χ0) is 26.7. The second-order valence-corrected chi connectivity index (χ2v) is 10.7. The third-order valence-corrected chi connectivity index (χ3v) is 6.41.